The highest BCUT2D eigenvalue weighted by Crippen LogP contribution is 2.37. The Labute approximate surface area is 243 Å². The Kier molecular flexibility index (Phi) is 8.63. The lowest BCUT2D eigenvalue weighted by molar-refractivity contribution is -0.136. The summed E-state index contributed by atoms with van der Waals surface area (Å²) in [6, 6.07) is 35.1. The second-order valence-corrected chi connectivity index (χ2v) is 9.74. The van der Waals surface area contributed by atoms with Crippen molar-refractivity contribution >= 4 is 34.5 Å². The predicted octanol–water partition coefficient (Wildman–Crippen LogP) is 6.86. The number of aliphatic hydroxyl groups is 1. The SMILES string of the molecule is CCOc1cc(/C=N\NC(=O)C(O)(c2ccccc2)c2ccccc2)cc(Cl)c1OCc1cccc2ccccc12. The van der Waals surface area contributed by atoms with Crippen LogP contribution >= 0.6 is 11.6 Å². The first-order valence-corrected chi connectivity index (χ1v) is 13.6. The fourth-order valence-corrected chi connectivity index (χ4v) is 4.94. The van der Waals surface area contributed by atoms with Crippen molar-refractivity contribution in [3.05, 3.63) is 143 Å². The van der Waals surface area contributed by atoms with Gasteiger partial charge in [0.25, 0.3) is 5.91 Å². The van der Waals surface area contributed by atoms with E-state index in [1.54, 1.807) is 60.7 Å². The molecule has 5 aromatic carbocycles. The Hall–Kier alpha value is -4.65. The van der Waals surface area contributed by atoms with Crippen molar-refractivity contribution < 1.29 is 19.4 Å². The molecule has 0 aromatic heterocycles. The summed E-state index contributed by atoms with van der Waals surface area (Å²) in [4.78, 5) is 13.3. The maximum Gasteiger partial charge on any atom is 0.281 e. The van der Waals surface area contributed by atoms with Gasteiger partial charge in [-0.05, 0) is 52.1 Å². The van der Waals surface area contributed by atoms with E-state index in [0.717, 1.165) is 16.3 Å². The van der Waals surface area contributed by atoms with Crippen LogP contribution in [0.25, 0.3) is 10.8 Å². The van der Waals surface area contributed by atoms with Gasteiger partial charge in [0.05, 0.1) is 17.8 Å². The number of halogens is 1. The third-order valence-corrected chi connectivity index (χ3v) is 6.96. The van der Waals surface area contributed by atoms with Gasteiger partial charge < -0.3 is 14.6 Å². The molecule has 0 spiro atoms. The maximum atomic E-state index is 13.3. The van der Waals surface area contributed by atoms with Crippen LogP contribution in [0.3, 0.4) is 0 Å². The summed E-state index contributed by atoms with van der Waals surface area (Å²) in [7, 11) is 0. The predicted molar refractivity (Wildman–Crippen MR) is 163 cm³/mol. The number of fused-ring (bicyclic) bond motifs is 1. The summed E-state index contributed by atoms with van der Waals surface area (Å²) < 4.78 is 12.0. The zero-order chi connectivity index (χ0) is 28.7. The largest absolute Gasteiger partial charge is 0.490 e. The molecule has 5 rings (SSSR count). The number of benzene rings is 5. The number of amides is 1. The van der Waals surface area contributed by atoms with Crippen molar-refractivity contribution in [3.63, 3.8) is 0 Å². The topological polar surface area (TPSA) is 80.2 Å². The molecule has 206 valence electrons. The maximum absolute atomic E-state index is 13.3. The Morgan fingerprint density at radius 2 is 1.51 bits per heavy atom. The van der Waals surface area contributed by atoms with Gasteiger partial charge in [-0.1, -0.05) is 115 Å². The second kappa shape index (κ2) is 12.7. The van der Waals surface area contributed by atoms with E-state index in [4.69, 9.17) is 21.1 Å². The molecule has 0 bridgehead atoms. The Balaban J connectivity index is 1.36. The van der Waals surface area contributed by atoms with Crippen molar-refractivity contribution in [2.45, 2.75) is 19.1 Å². The average molecular weight is 565 g/mol. The number of hydrogen-bond acceptors (Lipinski definition) is 5. The molecular formula is C34H29ClN2O4. The lowest BCUT2D eigenvalue weighted by Crippen LogP contribution is -2.43. The molecule has 0 aliphatic heterocycles. The minimum atomic E-state index is -1.94. The summed E-state index contributed by atoms with van der Waals surface area (Å²) in [5.74, 6) is 0.181. The quantitative estimate of drug-likeness (QED) is 0.143. The number of ether oxygens (including phenoxy) is 2. The smallest absolute Gasteiger partial charge is 0.281 e. The monoisotopic (exact) mass is 564 g/mol. The molecule has 0 fully saturated rings. The van der Waals surface area contributed by atoms with Crippen LogP contribution in [0.1, 0.15) is 29.2 Å². The van der Waals surface area contributed by atoms with Gasteiger partial charge in [0, 0.05) is 0 Å². The van der Waals surface area contributed by atoms with Crippen LogP contribution in [0.15, 0.2) is 120 Å². The fourth-order valence-electron chi connectivity index (χ4n) is 4.67. The average Bonchev–Trinajstić information content (AvgIpc) is 3.01. The van der Waals surface area contributed by atoms with E-state index in [1.165, 1.54) is 6.21 Å². The third-order valence-electron chi connectivity index (χ3n) is 6.68. The molecule has 0 saturated carbocycles. The van der Waals surface area contributed by atoms with Crippen molar-refractivity contribution in [2.24, 2.45) is 5.10 Å². The Morgan fingerprint density at radius 1 is 0.878 bits per heavy atom. The lowest BCUT2D eigenvalue weighted by atomic mass is 9.85. The molecule has 0 radical (unpaired) electrons. The molecule has 0 atom stereocenters. The van der Waals surface area contributed by atoms with E-state index in [2.05, 4.69) is 28.7 Å². The van der Waals surface area contributed by atoms with Crippen LogP contribution in [0.2, 0.25) is 5.02 Å². The van der Waals surface area contributed by atoms with Crippen molar-refractivity contribution in [3.8, 4) is 11.5 Å². The fraction of sp³-hybridized carbons (Fsp3) is 0.118. The zero-order valence-corrected chi connectivity index (χ0v) is 23.2. The molecule has 5 aromatic rings. The number of carbonyl (C=O) groups excluding carboxylic acids is 1. The van der Waals surface area contributed by atoms with E-state index in [-0.39, 0.29) is 0 Å². The summed E-state index contributed by atoms with van der Waals surface area (Å²) in [6.07, 6.45) is 1.44. The lowest BCUT2D eigenvalue weighted by Gasteiger charge is -2.27. The first-order valence-electron chi connectivity index (χ1n) is 13.2. The minimum absolute atomic E-state index is 0.308. The van der Waals surface area contributed by atoms with E-state index >= 15 is 0 Å². The van der Waals surface area contributed by atoms with Gasteiger partial charge in [0.15, 0.2) is 17.1 Å². The van der Waals surface area contributed by atoms with Gasteiger partial charge in [0.1, 0.15) is 6.61 Å². The van der Waals surface area contributed by atoms with Crippen LogP contribution in [-0.4, -0.2) is 23.8 Å². The number of hydrazone groups is 1. The van der Waals surface area contributed by atoms with Crippen molar-refractivity contribution in [2.75, 3.05) is 6.61 Å². The summed E-state index contributed by atoms with van der Waals surface area (Å²) in [5, 5.41) is 18.3. The molecule has 0 saturated heterocycles. The third kappa shape index (κ3) is 6.09. The summed E-state index contributed by atoms with van der Waals surface area (Å²) >= 11 is 6.63. The number of nitrogens with one attached hydrogen (secondary N) is 1. The highest BCUT2D eigenvalue weighted by atomic mass is 35.5. The van der Waals surface area contributed by atoms with Gasteiger partial charge in [-0.25, -0.2) is 5.43 Å². The van der Waals surface area contributed by atoms with Gasteiger partial charge in [-0.3, -0.25) is 4.79 Å². The minimum Gasteiger partial charge on any atom is -0.490 e. The second-order valence-electron chi connectivity index (χ2n) is 9.33. The van der Waals surface area contributed by atoms with Gasteiger partial charge >= 0.3 is 0 Å². The first kappa shape index (κ1) is 27.9. The van der Waals surface area contributed by atoms with E-state index in [1.807, 2.05) is 43.3 Å². The molecule has 7 heteroatoms. The number of rotatable bonds is 10. The Morgan fingerprint density at radius 3 is 2.20 bits per heavy atom. The van der Waals surface area contributed by atoms with Crippen molar-refractivity contribution in [1.82, 2.24) is 5.43 Å². The van der Waals surface area contributed by atoms with Crippen LogP contribution in [0.5, 0.6) is 11.5 Å². The van der Waals surface area contributed by atoms with E-state index < -0.39 is 11.5 Å². The molecule has 0 unspecified atom stereocenters. The summed E-state index contributed by atoms with van der Waals surface area (Å²) in [5.41, 5.74) is 3.00. The summed E-state index contributed by atoms with van der Waals surface area (Å²) in [6.45, 7) is 2.58. The van der Waals surface area contributed by atoms with Gasteiger partial charge in [-0.2, -0.15) is 5.10 Å². The number of nitrogens with zero attached hydrogens (tertiary/aromatic N) is 1. The first-order chi connectivity index (χ1) is 20.0. The zero-order valence-electron chi connectivity index (χ0n) is 22.5. The van der Waals surface area contributed by atoms with Crippen LogP contribution in [0, 0.1) is 0 Å². The normalized spacial score (nSPS) is 11.5. The molecule has 2 N–H and O–H groups in total. The molecule has 0 heterocycles. The Bertz CT molecular complexity index is 1630. The van der Waals surface area contributed by atoms with E-state index in [9.17, 15) is 9.90 Å². The van der Waals surface area contributed by atoms with Gasteiger partial charge in [0.2, 0.25) is 0 Å². The molecule has 0 aliphatic carbocycles. The molecule has 41 heavy (non-hydrogen) atoms. The van der Waals surface area contributed by atoms with Crippen LogP contribution in [-0.2, 0) is 17.0 Å². The van der Waals surface area contributed by atoms with Crippen LogP contribution in [0.4, 0.5) is 0 Å². The van der Waals surface area contributed by atoms with Gasteiger partial charge in [-0.15, -0.1) is 0 Å². The molecule has 6 nitrogen and oxygen atoms in total. The number of hydrogen-bond donors (Lipinski definition) is 2. The molecular weight excluding hydrogens is 536 g/mol. The molecule has 1 amide bonds. The molecule has 0 aliphatic rings. The standard InChI is InChI=1S/C34H29ClN2O4/c1-2-40-31-21-24(20-30(35)32(31)41-23-26-14-11-13-25-12-9-10-19-29(25)26)22-36-37-33(38)34(39,27-15-5-3-6-16-27)28-17-7-4-8-18-28/h3-22,39H,2,23H2,1H3,(H,37,38)/b36-22-. The van der Waals surface area contributed by atoms with E-state index in [0.29, 0.717) is 46.4 Å². The number of carbonyl (C=O) groups is 1. The highest BCUT2D eigenvalue weighted by Gasteiger charge is 2.39. The van der Waals surface area contributed by atoms with Crippen LogP contribution < -0.4 is 14.9 Å². The highest BCUT2D eigenvalue weighted by molar-refractivity contribution is 6.32. The van der Waals surface area contributed by atoms with Crippen molar-refractivity contribution in [1.29, 1.82) is 0 Å².